The predicted octanol–water partition coefficient (Wildman–Crippen LogP) is 3.76. The molecule has 0 bridgehead atoms. The van der Waals surface area contributed by atoms with Gasteiger partial charge in [0.25, 0.3) is 0 Å². The van der Waals surface area contributed by atoms with E-state index < -0.39 is 0 Å². The number of halogens is 2. The van der Waals surface area contributed by atoms with E-state index >= 15 is 0 Å². The van der Waals surface area contributed by atoms with Crippen molar-refractivity contribution >= 4 is 37.8 Å². The Labute approximate surface area is 113 Å². The second-order valence-corrected chi connectivity index (χ2v) is 4.90. The van der Waals surface area contributed by atoms with E-state index in [2.05, 4.69) is 38.8 Å². The van der Waals surface area contributed by atoms with E-state index in [9.17, 15) is 4.79 Å². The number of rotatable bonds is 4. The molecular weight excluding hydrogens is 336 g/mol. The zero-order chi connectivity index (χ0) is 12.1. The summed E-state index contributed by atoms with van der Waals surface area (Å²) in [6, 6.07) is 4.07. The maximum atomic E-state index is 11.4. The van der Waals surface area contributed by atoms with Crippen LogP contribution in [0.2, 0.25) is 0 Å². The first-order valence-corrected chi connectivity index (χ1v) is 6.99. The Bertz CT molecular complexity index is 389. The minimum Gasteiger partial charge on any atom is -0.466 e. The van der Waals surface area contributed by atoms with Gasteiger partial charge in [-0.2, -0.15) is 0 Å². The van der Waals surface area contributed by atoms with Crippen molar-refractivity contribution in [1.82, 2.24) is 0 Å². The lowest BCUT2D eigenvalue weighted by molar-refractivity contribution is -0.142. The highest BCUT2D eigenvalue weighted by molar-refractivity contribution is 9.10. The van der Waals surface area contributed by atoms with Crippen LogP contribution in [0.1, 0.15) is 23.6 Å². The molecule has 0 heterocycles. The summed E-state index contributed by atoms with van der Waals surface area (Å²) in [5, 5.41) is 0.794. The van der Waals surface area contributed by atoms with Crippen LogP contribution in [0, 0.1) is 6.92 Å². The van der Waals surface area contributed by atoms with Crippen molar-refractivity contribution in [3.8, 4) is 0 Å². The van der Waals surface area contributed by atoms with Gasteiger partial charge in [0.2, 0.25) is 0 Å². The average Bonchev–Trinajstić information content (AvgIpc) is 2.22. The number of aryl methyl sites for hydroxylation is 1. The number of hydrogen-bond acceptors (Lipinski definition) is 2. The third kappa shape index (κ3) is 3.59. The van der Waals surface area contributed by atoms with Gasteiger partial charge in [0.15, 0.2) is 0 Å². The molecule has 0 saturated carbocycles. The quantitative estimate of drug-likeness (QED) is 0.611. The van der Waals surface area contributed by atoms with Crippen LogP contribution in [0.3, 0.4) is 0 Å². The first kappa shape index (κ1) is 13.7. The first-order valence-electron chi connectivity index (χ1n) is 5.08. The van der Waals surface area contributed by atoms with E-state index in [1.807, 2.05) is 19.1 Å². The fourth-order valence-corrected chi connectivity index (χ4v) is 2.62. The topological polar surface area (TPSA) is 26.3 Å². The molecule has 0 spiro atoms. The molecule has 16 heavy (non-hydrogen) atoms. The summed E-state index contributed by atoms with van der Waals surface area (Å²) in [4.78, 5) is 11.4. The van der Waals surface area contributed by atoms with Gasteiger partial charge in [-0.05, 0) is 36.6 Å². The van der Waals surface area contributed by atoms with Crippen LogP contribution in [0.25, 0.3) is 0 Å². The van der Waals surface area contributed by atoms with Crippen molar-refractivity contribution in [2.24, 2.45) is 0 Å². The molecule has 1 aromatic rings. The van der Waals surface area contributed by atoms with Gasteiger partial charge in [-0.1, -0.05) is 37.9 Å². The smallest absolute Gasteiger partial charge is 0.310 e. The van der Waals surface area contributed by atoms with Crippen LogP contribution in [0.5, 0.6) is 0 Å². The van der Waals surface area contributed by atoms with Crippen LogP contribution < -0.4 is 0 Å². The molecule has 0 aliphatic carbocycles. The van der Waals surface area contributed by atoms with Gasteiger partial charge in [0.1, 0.15) is 0 Å². The molecule has 0 amide bonds. The van der Waals surface area contributed by atoms with Crippen molar-refractivity contribution < 1.29 is 9.53 Å². The molecule has 0 aliphatic rings. The van der Waals surface area contributed by atoms with E-state index in [1.165, 1.54) is 11.1 Å². The van der Waals surface area contributed by atoms with Crippen molar-refractivity contribution in [1.29, 1.82) is 0 Å². The Morgan fingerprint density at radius 3 is 2.62 bits per heavy atom. The molecule has 0 atom stereocenters. The number of hydrogen-bond donors (Lipinski definition) is 0. The SMILES string of the molecule is CCOC(=O)Cc1cc(CBr)c(C)cc1Br. The van der Waals surface area contributed by atoms with E-state index in [0.717, 1.165) is 15.4 Å². The Hall–Kier alpha value is -0.350. The van der Waals surface area contributed by atoms with Gasteiger partial charge >= 0.3 is 5.97 Å². The van der Waals surface area contributed by atoms with Gasteiger partial charge in [-0.3, -0.25) is 4.79 Å². The van der Waals surface area contributed by atoms with Crippen LogP contribution >= 0.6 is 31.9 Å². The minimum atomic E-state index is -0.187. The van der Waals surface area contributed by atoms with Gasteiger partial charge in [0.05, 0.1) is 13.0 Å². The summed E-state index contributed by atoms with van der Waals surface area (Å²) in [5.41, 5.74) is 3.37. The van der Waals surface area contributed by atoms with Crippen molar-refractivity contribution in [3.63, 3.8) is 0 Å². The van der Waals surface area contributed by atoms with Crippen molar-refractivity contribution in [3.05, 3.63) is 33.3 Å². The molecule has 1 aromatic carbocycles. The molecule has 4 heteroatoms. The molecule has 88 valence electrons. The standard InChI is InChI=1S/C12H14Br2O2/c1-3-16-12(15)6-9-5-10(7-13)8(2)4-11(9)14/h4-5H,3,6-7H2,1-2H3. The Morgan fingerprint density at radius 1 is 1.38 bits per heavy atom. The molecule has 0 saturated heterocycles. The van der Waals surface area contributed by atoms with Crippen molar-refractivity contribution in [2.75, 3.05) is 6.61 Å². The zero-order valence-corrected chi connectivity index (χ0v) is 12.5. The normalized spacial score (nSPS) is 10.2. The molecule has 0 radical (unpaired) electrons. The Kier molecular flexibility index (Phi) is 5.49. The Balaban J connectivity index is 2.91. The fraction of sp³-hybridized carbons (Fsp3) is 0.417. The molecule has 1 rings (SSSR count). The average molecular weight is 350 g/mol. The predicted molar refractivity (Wildman–Crippen MR) is 71.8 cm³/mol. The van der Waals surface area contributed by atoms with Gasteiger partial charge in [-0.15, -0.1) is 0 Å². The van der Waals surface area contributed by atoms with Gasteiger partial charge < -0.3 is 4.74 Å². The maximum Gasteiger partial charge on any atom is 0.310 e. The number of esters is 1. The Morgan fingerprint density at radius 2 is 2.06 bits per heavy atom. The van der Waals surface area contributed by atoms with Crippen LogP contribution in [-0.2, 0) is 21.3 Å². The summed E-state index contributed by atoms with van der Waals surface area (Å²) < 4.78 is 5.89. The molecule has 0 aliphatic heterocycles. The zero-order valence-electron chi connectivity index (χ0n) is 9.35. The van der Waals surface area contributed by atoms with Gasteiger partial charge in [0, 0.05) is 9.80 Å². The van der Waals surface area contributed by atoms with E-state index in [0.29, 0.717) is 13.0 Å². The van der Waals surface area contributed by atoms with Crippen LogP contribution in [0.15, 0.2) is 16.6 Å². The summed E-state index contributed by atoms with van der Waals surface area (Å²) in [6.07, 6.45) is 0.314. The molecule has 0 N–H and O–H groups in total. The van der Waals surface area contributed by atoms with Crippen molar-refractivity contribution in [2.45, 2.75) is 25.6 Å². The highest BCUT2D eigenvalue weighted by atomic mass is 79.9. The van der Waals surface area contributed by atoms with Crippen LogP contribution in [0.4, 0.5) is 0 Å². The third-order valence-electron chi connectivity index (χ3n) is 2.29. The molecular formula is C12H14Br2O2. The second kappa shape index (κ2) is 6.40. The molecule has 0 aromatic heterocycles. The van der Waals surface area contributed by atoms with Gasteiger partial charge in [-0.25, -0.2) is 0 Å². The number of carbonyl (C=O) groups excluding carboxylic acids is 1. The monoisotopic (exact) mass is 348 g/mol. The van der Waals surface area contributed by atoms with E-state index in [1.54, 1.807) is 0 Å². The summed E-state index contributed by atoms with van der Waals surface area (Å²) in [7, 11) is 0. The van der Waals surface area contributed by atoms with E-state index in [-0.39, 0.29) is 5.97 Å². The summed E-state index contributed by atoms with van der Waals surface area (Å²) in [5.74, 6) is -0.187. The minimum absolute atomic E-state index is 0.187. The number of alkyl halides is 1. The first-order chi connectivity index (χ1) is 7.58. The fourth-order valence-electron chi connectivity index (χ4n) is 1.42. The number of carbonyl (C=O) groups is 1. The lowest BCUT2D eigenvalue weighted by atomic mass is 10.0. The molecule has 0 fully saturated rings. The summed E-state index contributed by atoms with van der Waals surface area (Å²) >= 11 is 6.90. The number of benzene rings is 1. The molecule has 0 unspecified atom stereocenters. The highest BCUT2D eigenvalue weighted by Gasteiger charge is 2.10. The maximum absolute atomic E-state index is 11.4. The van der Waals surface area contributed by atoms with Crippen LogP contribution in [-0.4, -0.2) is 12.6 Å². The lowest BCUT2D eigenvalue weighted by Crippen LogP contribution is -2.08. The lowest BCUT2D eigenvalue weighted by Gasteiger charge is -2.09. The summed E-state index contributed by atoms with van der Waals surface area (Å²) in [6.45, 7) is 4.29. The van der Waals surface area contributed by atoms with E-state index in [4.69, 9.17) is 4.74 Å². The third-order valence-corrected chi connectivity index (χ3v) is 3.63. The molecule has 2 nitrogen and oxygen atoms in total. The highest BCUT2D eigenvalue weighted by Crippen LogP contribution is 2.24. The largest absolute Gasteiger partial charge is 0.466 e. The number of ether oxygens (including phenoxy) is 1. The second-order valence-electron chi connectivity index (χ2n) is 3.49.